The molecule has 0 saturated carbocycles. The van der Waals surface area contributed by atoms with E-state index in [4.69, 9.17) is 9.47 Å². The minimum atomic E-state index is -4.22. The first-order chi connectivity index (χ1) is 10.7. The molecule has 0 bridgehead atoms. The molecule has 1 aromatic carbocycles. The lowest BCUT2D eigenvalue weighted by Crippen LogP contribution is -2.44. The number of sulfonamides is 1. The lowest BCUT2D eigenvalue weighted by atomic mass is 10.1. The van der Waals surface area contributed by atoms with E-state index < -0.39 is 28.1 Å². The van der Waals surface area contributed by atoms with Crippen molar-refractivity contribution in [2.45, 2.75) is 38.6 Å². The van der Waals surface area contributed by atoms with Gasteiger partial charge in [0.1, 0.15) is 6.61 Å². The number of esters is 1. The molecule has 1 aliphatic heterocycles. The molecule has 1 saturated heterocycles. The molecule has 1 aromatic rings. The summed E-state index contributed by atoms with van der Waals surface area (Å²) in [5.41, 5.74) is 1.92. The fourth-order valence-electron chi connectivity index (χ4n) is 2.75. The Kier molecular flexibility index (Phi) is 4.65. The SMILES string of the molecule is CCOC(=O)[C@@H]1COC(=O)N1S(=O)(=O)c1c(C)cc(C)cc1C. The van der Waals surface area contributed by atoms with E-state index in [-0.39, 0.29) is 18.1 Å². The highest BCUT2D eigenvalue weighted by Crippen LogP contribution is 2.29. The average molecular weight is 341 g/mol. The van der Waals surface area contributed by atoms with Crippen molar-refractivity contribution in [1.29, 1.82) is 0 Å². The zero-order chi connectivity index (χ0) is 17.4. The van der Waals surface area contributed by atoms with Crippen molar-refractivity contribution in [2.24, 2.45) is 0 Å². The lowest BCUT2D eigenvalue weighted by Gasteiger charge is -2.22. The van der Waals surface area contributed by atoms with Gasteiger partial charge in [-0.2, -0.15) is 4.31 Å². The van der Waals surface area contributed by atoms with Gasteiger partial charge in [-0.15, -0.1) is 0 Å². The summed E-state index contributed by atoms with van der Waals surface area (Å²) in [4.78, 5) is 23.9. The van der Waals surface area contributed by atoms with Crippen molar-refractivity contribution < 1.29 is 27.5 Å². The second-order valence-corrected chi connectivity index (χ2v) is 7.13. The Morgan fingerprint density at radius 3 is 2.39 bits per heavy atom. The van der Waals surface area contributed by atoms with Crippen molar-refractivity contribution in [3.8, 4) is 0 Å². The maximum atomic E-state index is 12.9. The first kappa shape index (κ1) is 17.3. The quantitative estimate of drug-likeness (QED) is 0.774. The van der Waals surface area contributed by atoms with Gasteiger partial charge in [0, 0.05) is 0 Å². The molecule has 8 heteroatoms. The van der Waals surface area contributed by atoms with Crippen LogP contribution >= 0.6 is 0 Å². The second kappa shape index (κ2) is 6.19. The fourth-order valence-corrected chi connectivity index (χ4v) is 4.61. The molecule has 0 N–H and O–H groups in total. The summed E-state index contributed by atoms with van der Waals surface area (Å²) in [6, 6.07) is 2.12. The number of ether oxygens (including phenoxy) is 2. The van der Waals surface area contributed by atoms with Crippen LogP contribution in [0.15, 0.2) is 17.0 Å². The van der Waals surface area contributed by atoms with Crippen LogP contribution in [0.2, 0.25) is 0 Å². The molecule has 0 spiro atoms. The molecule has 0 aliphatic carbocycles. The highest BCUT2D eigenvalue weighted by molar-refractivity contribution is 7.89. The van der Waals surface area contributed by atoms with Gasteiger partial charge in [0.05, 0.1) is 11.5 Å². The predicted molar refractivity (Wildman–Crippen MR) is 81.4 cm³/mol. The van der Waals surface area contributed by atoms with Crippen LogP contribution in [0.25, 0.3) is 0 Å². The summed E-state index contributed by atoms with van der Waals surface area (Å²) in [5, 5.41) is 0. The minimum Gasteiger partial charge on any atom is -0.464 e. The molecule has 1 fully saturated rings. The average Bonchev–Trinajstić information content (AvgIpc) is 2.80. The van der Waals surface area contributed by atoms with Crippen LogP contribution in [-0.2, 0) is 24.3 Å². The van der Waals surface area contributed by atoms with Gasteiger partial charge in [0.25, 0.3) is 10.0 Å². The van der Waals surface area contributed by atoms with Crippen LogP contribution < -0.4 is 0 Å². The zero-order valence-electron chi connectivity index (χ0n) is 13.5. The van der Waals surface area contributed by atoms with Gasteiger partial charge in [-0.25, -0.2) is 18.0 Å². The molecule has 7 nitrogen and oxygen atoms in total. The first-order valence-electron chi connectivity index (χ1n) is 7.15. The minimum absolute atomic E-state index is 0.0104. The third kappa shape index (κ3) is 3.03. The summed E-state index contributed by atoms with van der Waals surface area (Å²) < 4.78 is 36.0. The zero-order valence-corrected chi connectivity index (χ0v) is 14.3. The molecule has 126 valence electrons. The van der Waals surface area contributed by atoms with Crippen LogP contribution in [0.3, 0.4) is 0 Å². The number of nitrogens with zero attached hydrogens (tertiary/aromatic N) is 1. The Bertz CT molecular complexity index is 732. The summed E-state index contributed by atoms with van der Waals surface area (Å²) in [5.74, 6) is -0.802. The molecule has 0 aromatic heterocycles. The van der Waals surface area contributed by atoms with Crippen molar-refractivity contribution in [1.82, 2.24) is 4.31 Å². The smallest absolute Gasteiger partial charge is 0.424 e. The Labute approximate surface area is 135 Å². The number of carbonyl (C=O) groups is 2. The molecule has 1 aliphatic rings. The standard InChI is InChI=1S/C15H19NO6S/c1-5-21-14(17)12-8-22-15(18)16(12)23(19,20)13-10(3)6-9(2)7-11(13)4/h6-7,12H,5,8H2,1-4H3/t12-/m0/s1. The molecule has 2 rings (SSSR count). The first-order valence-corrected chi connectivity index (χ1v) is 8.59. The number of rotatable bonds is 4. The van der Waals surface area contributed by atoms with Crippen molar-refractivity contribution in [3.05, 3.63) is 28.8 Å². The summed E-state index contributed by atoms with van der Waals surface area (Å²) >= 11 is 0. The molecule has 1 atom stereocenters. The summed E-state index contributed by atoms with van der Waals surface area (Å²) in [6.45, 7) is 6.48. The number of amides is 1. The Morgan fingerprint density at radius 2 is 1.87 bits per heavy atom. The van der Waals surface area contributed by atoms with Crippen LogP contribution in [0.4, 0.5) is 4.79 Å². The molecule has 23 heavy (non-hydrogen) atoms. The van der Waals surface area contributed by atoms with Crippen molar-refractivity contribution >= 4 is 22.1 Å². The molecule has 0 radical (unpaired) electrons. The van der Waals surface area contributed by atoms with Gasteiger partial charge in [-0.3, -0.25) is 0 Å². The van der Waals surface area contributed by atoms with E-state index in [1.807, 2.05) is 6.92 Å². The predicted octanol–water partition coefficient (Wildman–Crippen LogP) is 1.68. The number of cyclic esters (lactones) is 1. The number of hydrogen-bond acceptors (Lipinski definition) is 6. The maximum Gasteiger partial charge on any atom is 0.424 e. The topological polar surface area (TPSA) is 90.0 Å². The normalized spacial score (nSPS) is 18.0. The molecular weight excluding hydrogens is 322 g/mol. The molecule has 1 amide bonds. The van der Waals surface area contributed by atoms with Gasteiger partial charge in [-0.1, -0.05) is 17.7 Å². The van der Waals surface area contributed by atoms with Crippen LogP contribution in [0, 0.1) is 20.8 Å². The largest absolute Gasteiger partial charge is 0.464 e. The van der Waals surface area contributed by atoms with Gasteiger partial charge >= 0.3 is 12.1 Å². The number of benzene rings is 1. The second-order valence-electron chi connectivity index (χ2n) is 5.37. The Balaban J connectivity index is 2.53. The molecule has 0 unspecified atom stereocenters. The number of carbonyl (C=O) groups excluding carboxylic acids is 2. The van der Waals surface area contributed by atoms with E-state index in [9.17, 15) is 18.0 Å². The van der Waals surface area contributed by atoms with Crippen LogP contribution in [0.1, 0.15) is 23.6 Å². The fraction of sp³-hybridized carbons (Fsp3) is 0.467. The lowest BCUT2D eigenvalue weighted by molar-refractivity contribution is -0.146. The monoisotopic (exact) mass is 341 g/mol. The van der Waals surface area contributed by atoms with E-state index in [1.54, 1.807) is 32.9 Å². The third-order valence-electron chi connectivity index (χ3n) is 3.51. The van der Waals surface area contributed by atoms with E-state index in [0.717, 1.165) is 5.56 Å². The Hall–Kier alpha value is -2.09. The van der Waals surface area contributed by atoms with Crippen LogP contribution in [0.5, 0.6) is 0 Å². The van der Waals surface area contributed by atoms with E-state index in [0.29, 0.717) is 15.4 Å². The van der Waals surface area contributed by atoms with E-state index >= 15 is 0 Å². The number of aryl methyl sites for hydroxylation is 3. The third-order valence-corrected chi connectivity index (χ3v) is 5.59. The van der Waals surface area contributed by atoms with Gasteiger partial charge in [0.15, 0.2) is 6.04 Å². The molecular formula is C15H19NO6S. The van der Waals surface area contributed by atoms with Gasteiger partial charge in [-0.05, 0) is 38.8 Å². The van der Waals surface area contributed by atoms with Crippen molar-refractivity contribution in [3.63, 3.8) is 0 Å². The van der Waals surface area contributed by atoms with Gasteiger partial charge < -0.3 is 9.47 Å². The Morgan fingerprint density at radius 1 is 1.30 bits per heavy atom. The van der Waals surface area contributed by atoms with Crippen molar-refractivity contribution in [2.75, 3.05) is 13.2 Å². The van der Waals surface area contributed by atoms with E-state index in [1.165, 1.54) is 0 Å². The van der Waals surface area contributed by atoms with E-state index in [2.05, 4.69) is 0 Å². The summed E-state index contributed by atoms with van der Waals surface area (Å²) in [7, 11) is -4.22. The molecule has 1 heterocycles. The summed E-state index contributed by atoms with van der Waals surface area (Å²) in [6.07, 6.45) is -1.07. The highest BCUT2D eigenvalue weighted by atomic mass is 32.2. The van der Waals surface area contributed by atoms with Gasteiger partial charge in [0.2, 0.25) is 0 Å². The maximum absolute atomic E-state index is 12.9. The highest BCUT2D eigenvalue weighted by Gasteiger charge is 2.48. The number of hydrogen-bond donors (Lipinski definition) is 0. The van der Waals surface area contributed by atoms with Crippen LogP contribution in [-0.4, -0.2) is 44.0 Å².